The van der Waals surface area contributed by atoms with Crippen LogP contribution < -0.4 is 22.1 Å². The first-order valence-corrected chi connectivity index (χ1v) is 9.99. The van der Waals surface area contributed by atoms with E-state index in [0.29, 0.717) is 18.8 Å². The van der Waals surface area contributed by atoms with Gasteiger partial charge in [-0.1, -0.05) is 31.2 Å². The maximum atomic E-state index is 13.0. The SMILES string of the molecule is Cc1nc(N)ccc1CNC(=O)[C@@H](C)C1NC(C(N)=O)Cc2c1[nH]c1ccccc21. The average Bonchev–Trinajstić information content (AvgIpc) is 3.10. The monoisotopic (exact) mass is 406 g/mol. The van der Waals surface area contributed by atoms with Crippen LogP contribution in [0.15, 0.2) is 36.4 Å². The van der Waals surface area contributed by atoms with Gasteiger partial charge < -0.3 is 21.8 Å². The summed E-state index contributed by atoms with van der Waals surface area (Å²) in [6.45, 7) is 4.06. The lowest BCUT2D eigenvalue weighted by atomic mass is 9.87. The van der Waals surface area contributed by atoms with Crippen molar-refractivity contribution in [3.8, 4) is 0 Å². The minimum Gasteiger partial charge on any atom is -0.384 e. The van der Waals surface area contributed by atoms with E-state index in [4.69, 9.17) is 11.5 Å². The number of aromatic amines is 1. The number of nitrogens with two attached hydrogens (primary N) is 2. The van der Waals surface area contributed by atoms with Gasteiger partial charge in [0.2, 0.25) is 11.8 Å². The average molecular weight is 406 g/mol. The number of nitrogens with one attached hydrogen (secondary N) is 3. The lowest BCUT2D eigenvalue weighted by Crippen LogP contribution is -2.51. The van der Waals surface area contributed by atoms with Gasteiger partial charge in [-0.3, -0.25) is 14.9 Å². The largest absolute Gasteiger partial charge is 0.384 e. The number of para-hydroxylation sites is 1. The summed E-state index contributed by atoms with van der Waals surface area (Å²) in [7, 11) is 0. The van der Waals surface area contributed by atoms with Crippen molar-refractivity contribution in [3.63, 3.8) is 0 Å². The minimum atomic E-state index is -0.527. The molecule has 30 heavy (non-hydrogen) atoms. The number of aromatic nitrogens is 2. The fourth-order valence-corrected chi connectivity index (χ4v) is 4.14. The Morgan fingerprint density at radius 3 is 2.77 bits per heavy atom. The van der Waals surface area contributed by atoms with Gasteiger partial charge in [-0.15, -0.1) is 0 Å². The number of pyridine rings is 1. The zero-order valence-electron chi connectivity index (χ0n) is 17.0. The number of carbonyl (C=O) groups is 2. The fraction of sp³-hybridized carbons (Fsp3) is 0.318. The van der Waals surface area contributed by atoms with Gasteiger partial charge in [0.1, 0.15) is 5.82 Å². The van der Waals surface area contributed by atoms with Crippen LogP contribution in [0.5, 0.6) is 0 Å². The van der Waals surface area contributed by atoms with Crippen molar-refractivity contribution < 1.29 is 9.59 Å². The first-order chi connectivity index (χ1) is 14.3. The Morgan fingerprint density at radius 1 is 1.27 bits per heavy atom. The van der Waals surface area contributed by atoms with Crippen molar-refractivity contribution in [1.29, 1.82) is 0 Å². The molecule has 0 spiro atoms. The summed E-state index contributed by atoms with van der Waals surface area (Å²) in [6.07, 6.45) is 0.496. The molecule has 3 heterocycles. The normalized spacial score (nSPS) is 19.3. The Kier molecular flexibility index (Phi) is 5.17. The van der Waals surface area contributed by atoms with E-state index in [2.05, 4.69) is 20.6 Å². The fourth-order valence-electron chi connectivity index (χ4n) is 4.14. The Morgan fingerprint density at radius 2 is 2.03 bits per heavy atom. The maximum Gasteiger partial charge on any atom is 0.234 e. The summed E-state index contributed by atoms with van der Waals surface area (Å²) in [5, 5.41) is 7.30. The number of primary amides is 1. The molecule has 3 atom stereocenters. The van der Waals surface area contributed by atoms with Gasteiger partial charge >= 0.3 is 0 Å². The van der Waals surface area contributed by atoms with Crippen LogP contribution in [0.1, 0.15) is 35.5 Å². The standard InChI is InChI=1S/C22H26N6O2/c1-11(22(30)25-10-13-7-8-18(23)26-12(13)2)19-20-15(9-17(28-19)21(24)29)14-5-3-4-6-16(14)27-20/h3-8,11,17,19,27-28H,9-10H2,1-2H3,(H2,23,26)(H2,24,29)(H,25,30)/t11-,17?,19?/m0/s1. The Bertz CT molecular complexity index is 1120. The molecule has 0 saturated heterocycles. The number of amides is 2. The van der Waals surface area contributed by atoms with Crippen molar-refractivity contribution in [2.45, 2.75) is 38.9 Å². The Balaban J connectivity index is 1.58. The first kappa shape index (κ1) is 19.9. The summed E-state index contributed by atoms with van der Waals surface area (Å²) in [5.41, 5.74) is 15.9. The number of fused-ring (bicyclic) bond motifs is 3. The molecule has 1 aliphatic rings. The Labute approximate surface area is 174 Å². The summed E-state index contributed by atoms with van der Waals surface area (Å²) in [5.74, 6) is -0.530. The number of hydrogen-bond donors (Lipinski definition) is 5. The molecular weight excluding hydrogens is 380 g/mol. The van der Waals surface area contributed by atoms with Crippen LogP contribution in [0.2, 0.25) is 0 Å². The molecule has 156 valence electrons. The molecule has 0 aliphatic carbocycles. The van der Waals surface area contributed by atoms with Crippen molar-refractivity contribution in [1.82, 2.24) is 20.6 Å². The Hall–Kier alpha value is -3.39. The van der Waals surface area contributed by atoms with E-state index in [0.717, 1.165) is 33.4 Å². The number of hydrogen-bond acceptors (Lipinski definition) is 5. The maximum absolute atomic E-state index is 13.0. The van der Waals surface area contributed by atoms with E-state index in [1.54, 1.807) is 6.07 Å². The molecule has 1 aliphatic heterocycles. The molecule has 2 amide bonds. The molecule has 0 bridgehead atoms. The molecule has 8 heteroatoms. The third kappa shape index (κ3) is 3.61. The molecule has 7 N–H and O–H groups in total. The number of anilines is 1. The van der Waals surface area contributed by atoms with Gasteiger partial charge in [-0.05, 0) is 36.6 Å². The van der Waals surface area contributed by atoms with E-state index >= 15 is 0 Å². The van der Waals surface area contributed by atoms with Gasteiger partial charge in [0.05, 0.1) is 18.0 Å². The molecule has 2 unspecified atom stereocenters. The second-order valence-electron chi connectivity index (χ2n) is 7.85. The van der Waals surface area contributed by atoms with Crippen molar-refractivity contribution >= 4 is 28.5 Å². The van der Waals surface area contributed by atoms with E-state index in [1.807, 2.05) is 44.2 Å². The van der Waals surface area contributed by atoms with Crippen molar-refractivity contribution in [3.05, 3.63) is 58.9 Å². The highest BCUT2D eigenvalue weighted by atomic mass is 16.2. The van der Waals surface area contributed by atoms with E-state index in [-0.39, 0.29) is 11.9 Å². The van der Waals surface area contributed by atoms with E-state index in [9.17, 15) is 9.59 Å². The number of aryl methyl sites for hydroxylation is 1. The first-order valence-electron chi connectivity index (χ1n) is 9.99. The molecule has 0 radical (unpaired) electrons. The molecule has 4 rings (SSSR count). The van der Waals surface area contributed by atoms with E-state index < -0.39 is 17.9 Å². The van der Waals surface area contributed by atoms with Crippen LogP contribution in [0.25, 0.3) is 10.9 Å². The third-order valence-corrected chi connectivity index (χ3v) is 5.87. The topological polar surface area (TPSA) is 139 Å². The highest BCUT2D eigenvalue weighted by Gasteiger charge is 2.37. The smallest absolute Gasteiger partial charge is 0.234 e. The van der Waals surface area contributed by atoms with Gasteiger partial charge in [0.15, 0.2) is 0 Å². The van der Waals surface area contributed by atoms with Crippen LogP contribution in [0, 0.1) is 12.8 Å². The van der Waals surface area contributed by atoms with Crippen LogP contribution in [0.4, 0.5) is 5.82 Å². The summed E-state index contributed by atoms with van der Waals surface area (Å²) >= 11 is 0. The molecule has 0 saturated carbocycles. The number of carbonyl (C=O) groups excluding carboxylic acids is 2. The number of benzene rings is 1. The van der Waals surface area contributed by atoms with Gasteiger partial charge in [-0.25, -0.2) is 4.98 Å². The highest BCUT2D eigenvalue weighted by Crippen LogP contribution is 2.35. The molecular formula is C22H26N6O2. The predicted molar refractivity (Wildman–Crippen MR) is 115 cm³/mol. The van der Waals surface area contributed by atoms with Crippen LogP contribution in [-0.4, -0.2) is 27.8 Å². The summed E-state index contributed by atoms with van der Waals surface area (Å²) in [4.78, 5) is 32.6. The van der Waals surface area contributed by atoms with E-state index in [1.165, 1.54) is 0 Å². The van der Waals surface area contributed by atoms with Crippen LogP contribution >= 0.6 is 0 Å². The number of nitrogen functional groups attached to an aromatic ring is 1. The van der Waals surface area contributed by atoms with Crippen LogP contribution in [0.3, 0.4) is 0 Å². The third-order valence-electron chi connectivity index (χ3n) is 5.87. The molecule has 0 fully saturated rings. The minimum absolute atomic E-state index is 0.126. The number of rotatable bonds is 5. The zero-order valence-corrected chi connectivity index (χ0v) is 17.0. The number of nitrogens with zero attached hydrogens (tertiary/aromatic N) is 1. The summed E-state index contributed by atoms with van der Waals surface area (Å²) in [6, 6.07) is 10.6. The molecule has 2 aromatic heterocycles. The van der Waals surface area contributed by atoms with Gasteiger partial charge in [0.25, 0.3) is 0 Å². The number of H-pyrrole nitrogens is 1. The zero-order chi connectivity index (χ0) is 21.4. The van der Waals surface area contributed by atoms with Gasteiger partial charge in [-0.2, -0.15) is 0 Å². The summed E-state index contributed by atoms with van der Waals surface area (Å²) < 4.78 is 0. The predicted octanol–water partition coefficient (Wildman–Crippen LogP) is 1.45. The molecule has 3 aromatic rings. The van der Waals surface area contributed by atoms with Crippen LogP contribution in [-0.2, 0) is 22.6 Å². The quantitative estimate of drug-likeness (QED) is 0.436. The molecule has 8 nitrogen and oxygen atoms in total. The van der Waals surface area contributed by atoms with Gasteiger partial charge in [0, 0.05) is 28.8 Å². The second kappa shape index (κ2) is 7.79. The van der Waals surface area contributed by atoms with Crippen molar-refractivity contribution in [2.24, 2.45) is 11.7 Å². The highest BCUT2D eigenvalue weighted by molar-refractivity contribution is 5.88. The lowest BCUT2D eigenvalue weighted by Gasteiger charge is -2.33. The second-order valence-corrected chi connectivity index (χ2v) is 7.85. The molecule has 1 aromatic carbocycles. The van der Waals surface area contributed by atoms with Crippen molar-refractivity contribution in [2.75, 3.05) is 5.73 Å². The lowest BCUT2D eigenvalue weighted by molar-refractivity contribution is -0.127.